The standard InChI is InChI=1S/C16H22BrN3O/c1-5-18-11(4)14(10(2)3)16-19-15(20-21-16)12-6-8-13(17)9-7-12/h6-11,14,18H,5H2,1-4H3. The zero-order chi connectivity index (χ0) is 15.4. The molecule has 0 spiro atoms. The molecule has 0 aliphatic heterocycles. The highest BCUT2D eigenvalue weighted by atomic mass is 79.9. The zero-order valence-electron chi connectivity index (χ0n) is 12.9. The van der Waals surface area contributed by atoms with Crippen LogP contribution in [0.25, 0.3) is 11.4 Å². The molecule has 2 aromatic rings. The van der Waals surface area contributed by atoms with Crippen LogP contribution in [0.5, 0.6) is 0 Å². The Hall–Kier alpha value is -1.20. The van der Waals surface area contributed by atoms with Gasteiger partial charge >= 0.3 is 0 Å². The molecule has 21 heavy (non-hydrogen) atoms. The van der Waals surface area contributed by atoms with E-state index in [2.05, 4.69) is 59.1 Å². The van der Waals surface area contributed by atoms with Crippen LogP contribution in [0.4, 0.5) is 0 Å². The van der Waals surface area contributed by atoms with Crippen LogP contribution in [0.15, 0.2) is 33.3 Å². The van der Waals surface area contributed by atoms with E-state index in [-0.39, 0.29) is 5.92 Å². The molecule has 0 aliphatic carbocycles. The van der Waals surface area contributed by atoms with E-state index >= 15 is 0 Å². The number of likely N-dealkylation sites (N-methyl/N-ethyl adjacent to an activating group) is 1. The van der Waals surface area contributed by atoms with Crippen molar-refractivity contribution in [2.24, 2.45) is 5.92 Å². The third kappa shape index (κ3) is 3.92. The smallest absolute Gasteiger partial charge is 0.231 e. The lowest BCUT2D eigenvalue weighted by molar-refractivity contribution is 0.281. The van der Waals surface area contributed by atoms with Crippen LogP contribution in [0.2, 0.25) is 0 Å². The molecule has 2 unspecified atom stereocenters. The van der Waals surface area contributed by atoms with E-state index in [4.69, 9.17) is 4.52 Å². The average Bonchev–Trinajstić information content (AvgIpc) is 2.89. The number of benzene rings is 1. The summed E-state index contributed by atoms with van der Waals surface area (Å²) in [5, 5.41) is 7.58. The van der Waals surface area contributed by atoms with Gasteiger partial charge in [-0.05, 0) is 43.7 Å². The highest BCUT2D eigenvalue weighted by Crippen LogP contribution is 2.28. The van der Waals surface area contributed by atoms with Crippen molar-refractivity contribution in [1.29, 1.82) is 0 Å². The Bertz CT molecular complexity index is 565. The molecule has 1 aromatic carbocycles. The summed E-state index contributed by atoms with van der Waals surface area (Å²) in [6.45, 7) is 9.56. The molecule has 5 heteroatoms. The Balaban J connectivity index is 2.26. The van der Waals surface area contributed by atoms with Crippen LogP contribution in [0.1, 0.15) is 39.5 Å². The van der Waals surface area contributed by atoms with Crippen molar-refractivity contribution in [2.45, 2.75) is 39.7 Å². The van der Waals surface area contributed by atoms with Crippen molar-refractivity contribution in [1.82, 2.24) is 15.5 Å². The summed E-state index contributed by atoms with van der Waals surface area (Å²) >= 11 is 3.43. The molecule has 1 heterocycles. The maximum atomic E-state index is 5.53. The molecular weight excluding hydrogens is 330 g/mol. The topological polar surface area (TPSA) is 51.0 Å². The van der Waals surface area contributed by atoms with Gasteiger partial charge in [0.15, 0.2) is 0 Å². The SMILES string of the molecule is CCNC(C)C(c1nc(-c2ccc(Br)cc2)no1)C(C)C. The van der Waals surface area contributed by atoms with Gasteiger partial charge < -0.3 is 9.84 Å². The molecule has 1 N–H and O–H groups in total. The Morgan fingerprint density at radius 2 is 1.86 bits per heavy atom. The van der Waals surface area contributed by atoms with E-state index in [9.17, 15) is 0 Å². The monoisotopic (exact) mass is 351 g/mol. The predicted octanol–water partition coefficient (Wildman–Crippen LogP) is 4.24. The highest BCUT2D eigenvalue weighted by molar-refractivity contribution is 9.10. The van der Waals surface area contributed by atoms with Crippen molar-refractivity contribution in [3.63, 3.8) is 0 Å². The lowest BCUT2D eigenvalue weighted by atomic mass is 9.89. The maximum absolute atomic E-state index is 5.53. The van der Waals surface area contributed by atoms with Crippen LogP contribution in [-0.4, -0.2) is 22.7 Å². The fourth-order valence-corrected chi connectivity index (χ4v) is 2.88. The Morgan fingerprint density at radius 1 is 1.19 bits per heavy atom. The predicted molar refractivity (Wildman–Crippen MR) is 88.2 cm³/mol. The van der Waals surface area contributed by atoms with Gasteiger partial charge in [0.1, 0.15) is 0 Å². The summed E-state index contributed by atoms with van der Waals surface area (Å²) in [6.07, 6.45) is 0. The van der Waals surface area contributed by atoms with Gasteiger partial charge in [-0.25, -0.2) is 0 Å². The second kappa shape index (κ2) is 7.18. The Labute approximate surface area is 134 Å². The fraction of sp³-hybridized carbons (Fsp3) is 0.500. The number of nitrogens with zero attached hydrogens (tertiary/aromatic N) is 2. The number of nitrogens with one attached hydrogen (secondary N) is 1. The van der Waals surface area contributed by atoms with Crippen molar-refractivity contribution in [2.75, 3.05) is 6.54 Å². The largest absolute Gasteiger partial charge is 0.339 e. The van der Waals surface area contributed by atoms with Crippen molar-refractivity contribution >= 4 is 15.9 Å². The summed E-state index contributed by atoms with van der Waals surface area (Å²) in [6, 6.07) is 8.22. The minimum Gasteiger partial charge on any atom is -0.339 e. The second-order valence-electron chi connectivity index (χ2n) is 5.58. The van der Waals surface area contributed by atoms with Crippen LogP contribution in [0, 0.1) is 5.92 Å². The first-order valence-electron chi connectivity index (χ1n) is 7.35. The average molecular weight is 352 g/mol. The Kier molecular flexibility index (Phi) is 5.53. The van der Waals surface area contributed by atoms with Gasteiger partial charge in [-0.15, -0.1) is 0 Å². The van der Waals surface area contributed by atoms with Gasteiger partial charge in [0, 0.05) is 16.1 Å². The van der Waals surface area contributed by atoms with E-state index < -0.39 is 0 Å². The zero-order valence-corrected chi connectivity index (χ0v) is 14.5. The molecule has 2 atom stereocenters. The number of rotatable bonds is 6. The van der Waals surface area contributed by atoms with Crippen LogP contribution in [0.3, 0.4) is 0 Å². The maximum Gasteiger partial charge on any atom is 0.231 e. The second-order valence-corrected chi connectivity index (χ2v) is 6.49. The molecule has 0 aliphatic rings. The first-order chi connectivity index (χ1) is 10.0. The van der Waals surface area contributed by atoms with Crippen molar-refractivity contribution in [3.05, 3.63) is 34.6 Å². The number of hydrogen-bond acceptors (Lipinski definition) is 4. The number of hydrogen-bond donors (Lipinski definition) is 1. The molecule has 4 nitrogen and oxygen atoms in total. The third-order valence-electron chi connectivity index (χ3n) is 3.61. The molecule has 0 bridgehead atoms. The lowest BCUT2D eigenvalue weighted by Gasteiger charge is -2.24. The van der Waals surface area contributed by atoms with Crippen LogP contribution in [-0.2, 0) is 0 Å². The normalized spacial score (nSPS) is 14.4. The summed E-state index contributed by atoms with van der Waals surface area (Å²) in [5.74, 6) is 1.99. The molecule has 0 radical (unpaired) electrons. The van der Waals surface area contributed by atoms with E-state index in [1.54, 1.807) is 0 Å². The summed E-state index contributed by atoms with van der Waals surface area (Å²) in [7, 11) is 0. The number of halogens is 1. The van der Waals surface area contributed by atoms with Gasteiger partial charge in [0.25, 0.3) is 0 Å². The quantitative estimate of drug-likeness (QED) is 0.845. The van der Waals surface area contributed by atoms with Gasteiger partial charge in [0.05, 0.1) is 5.92 Å². The van der Waals surface area contributed by atoms with Crippen LogP contribution < -0.4 is 5.32 Å². The van der Waals surface area contributed by atoms with Gasteiger partial charge in [-0.2, -0.15) is 4.98 Å². The van der Waals surface area contributed by atoms with Gasteiger partial charge in [-0.1, -0.05) is 41.9 Å². The highest BCUT2D eigenvalue weighted by Gasteiger charge is 2.28. The summed E-state index contributed by atoms with van der Waals surface area (Å²) in [4.78, 5) is 4.60. The van der Waals surface area contributed by atoms with E-state index in [0.29, 0.717) is 23.7 Å². The first-order valence-corrected chi connectivity index (χ1v) is 8.15. The molecular formula is C16H22BrN3O. The molecule has 0 fully saturated rings. The van der Waals surface area contributed by atoms with Crippen molar-refractivity contribution < 1.29 is 4.52 Å². The van der Waals surface area contributed by atoms with E-state index in [1.165, 1.54) is 0 Å². The lowest BCUT2D eigenvalue weighted by Crippen LogP contribution is -2.34. The summed E-state index contributed by atoms with van der Waals surface area (Å²) in [5.41, 5.74) is 0.965. The first kappa shape index (κ1) is 16.2. The Morgan fingerprint density at radius 3 is 2.43 bits per heavy atom. The van der Waals surface area contributed by atoms with E-state index in [1.807, 2.05) is 24.3 Å². The minimum atomic E-state index is 0.210. The van der Waals surface area contributed by atoms with Gasteiger partial charge in [-0.3, -0.25) is 0 Å². The van der Waals surface area contributed by atoms with E-state index in [0.717, 1.165) is 16.6 Å². The molecule has 0 saturated heterocycles. The van der Waals surface area contributed by atoms with Gasteiger partial charge in [0.2, 0.25) is 11.7 Å². The molecule has 114 valence electrons. The number of aromatic nitrogens is 2. The van der Waals surface area contributed by atoms with Crippen molar-refractivity contribution in [3.8, 4) is 11.4 Å². The van der Waals surface area contributed by atoms with Crippen LogP contribution >= 0.6 is 15.9 Å². The fourth-order valence-electron chi connectivity index (χ4n) is 2.61. The molecule has 1 aromatic heterocycles. The summed E-state index contributed by atoms with van der Waals surface area (Å²) < 4.78 is 6.57. The third-order valence-corrected chi connectivity index (χ3v) is 4.14. The minimum absolute atomic E-state index is 0.210. The molecule has 2 rings (SSSR count). The molecule has 0 amide bonds. The molecule has 0 saturated carbocycles.